The predicted octanol–water partition coefficient (Wildman–Crippen LogP) is 4.57. The fraction of sp³-hybridized carbons (Fsp3) is 0.750. The Morgan fingerprint density at radius 1 is 1.43 bits per heavy atom. The Morgan fingerprint density at radius 3 is 2.70 bits per heavy atom. The topological polar surface area (TPSA) is 57.5 Å². The fourth-order valence-corrected chi connectivity index (χ4v) is 5.24. The Bertz CT molecular complexity index is 521. The van der Waals surface area contributed by atoms with E-state index in [0.29, 0.717) is 18.3 Å². The smallest absolute Gasteiger partial charge is 0.328 e. The van der Waals surface area contributed by atoms with Crippen LogP contribution in [-0.2, 0) is 4.79 Å². The van der Waals surface area contributed by atoms with E-state index < -0.39 is 12.1 Å². The first kappa shape index (κ1) is 18.3. The largest absolute Gasteiger partial charge is 0.478 e. The number of carboxylic acids is 1. The molecule has 3 nitrogen and oxygen atoms in total. The van der Waals surface area contributed by atoms with Crippen molar-refractivity contribution in [3.05, 3.63) is 23.8 Å². The molecular formula is C20H32O3. The zero-order valence-corrected chi connectivity index (χ0v) is 15.1. The first-order chi connectivity index (χ1) is 10.6. The molecule has 0 unspecified atom stereocenters. The summed E-state index contributed by atoms with van der Waals surface area (Å²) in [6, 6.07) is 0. The maximum atomic E-state index is 11.1. The van der Waals surface area contributed by atoms with Crippen molar-refractivity contribution in [2.24, 2.45) is 22.7 Å². The predicted molar refractivity (Wildman–Crippen MR) is 93.1 cm³/mol. The van der Waals surface area contributed by atoms with Crippen molar-refractivity contribution in [1.82, 2.24) is 0 Å². The van der Waals surface area contributed by atoms with Gasteiger partial charge in [-0.1, -0.05) is 38.5 Å². The molecule has 0 amide bonds. The average molecular weight is 320 g/mol. The van der Waals surface area contributed by atoms with E-state index in [9.17, 15) is 9.90 Å². The molecule has 23 heavy (non-hydrogen) atoms. The van der Waals surface area contributed by atoms with Crippen molar-refractivity contribution in [1.29, 1.82) is 0 Å². The Labute approximate surface area is 140 Å². The maximum absolute atomic E-state index is 11.1. The summed E-state index contributed by atoms with van der Waals surface area (Å²) in [5.41, 5.74) is 2.01. The molecule has 0 aromatic carbocycles. The van der Waals surface area contributed by atoms with Crippen LogP contribution >= 0.6 is 0 Å². The van der Waals surface area contributed by atoms with Crippen LogP contribution < -0.4 is 0 Å². The van der Waals surface area contributed by atoms with Crippen LogP contribution in [-0.4, -0.2) is 22.3 Å². The third-order valence-corrected chi connectivity index (χ3v) is 7.06. The summed E-state index contributed by atoms with van der Waals surface area (Å²) in [7, 11) is 0. The number of rotatable bonds is 4. The Balaban J connectivity index is 2.32. The van der Waals surface area contributed by atoms with Gasteiger partial charge in [0.15, 0.2) is 0 Å². The first-order valence-electron chi connectivity index (χ1n) is 8.88. The van der Waals surface area contributed by atoms with Gasteiger partial charge in [-0.3, -0.25) is 0 Å². The highest BCUT2D eigenvalue weighted by Crippen LogP contribution is 2.62. The van der Waals surface area contributed by atoms with Crippen LogP contribution in [0.3, 0.4) is 0 Å². The van der Waals surface area contributed by atoms with E-state index in [4.69, 9.17) is 5.11 Å². The molecule has 0 spiro atoms. The number of aliphatic hydroxyl groups excluding tert-OH is 1. The molecule has 0 heterocycles. The van der Waals surface area contributed by atoms with Gasteiger partial charge < -0.3 is 10.2 Å². The second-order valence-corrected chi connectivity index (χ2v) is 8.32. The third-order valence-electron chi connectivity index (χ3n) is 7.06. The van der Waals surface area contributed by atoms with E-state index in [1.54, 1.807) is 6.92 Å². The van der Waals surface area contributed by atoms with E-state index in [1.165, 1.54) is 11.6 Å². The molecule has 2 saturated carbocycles. The molecule has 0 aromatic heterocycles. The van der Waals surface area contributed by atoms with Gasteiger partial charge in [0.2, 0.25) is 0 Å². The standard InChI is InChI=1S/C20H32O3/c1-13(12-18(22)23)11-17(21)20(5)15(3)9-10-19(4)14(2)7-6-8-16(19)20/h12,15-17,21H,2,6-11H2,1,3-5H3,(H,22,23)/b13-12+/t15-,16+,17+,19+,20+/m1/s1. The van der Waals surface area contributed by atoms with Crippen LogP contribution in [0.5, 0.6) is 0 Å². The molecule has 0 aromatic rings. The molecule has 3 heteroatoms. The molecule has 0 bridgehead atoms. The van der Waals surface area contributed by atoms with E-state index in [-0.39, 0.29) is 10.8 Å². The number of hydrogen-bond acceptors (Lipinski definition) is 2. The first-order valence-corrected chi connectivity index (χ1v) is 8.88. The quantitative estimate of drug-likeness (QED) is 0.589. The minimum atomic E-state index is -0.938. The minimum absolute atomic E-state index is 0.116. The van der Waals surface area contributed by atoms with Crippen LogP contribution in [0.25, 0.3) is 0 Å². The highest BCUT2D eigenvalue weighted by Gasteiger charge is 2.56. The molecule has 0 aliphatic heterocycles. The van der Waals surface area contributed by atoms with Crippen molar-refractivity contribution in [3.63, 3.8) is 0 Å². The van der Waals surface area contributed by atoms with Gasteiger partial charge in [0.1, 0.15) is 0 Å². The molecule has 0 saturated heterocycles. The summed E-state index contributed by atoms with van der Waals surface area (Å²) in [4.78, 5) is 10.9. The van der Waals surface area contributed by atoms with E-state index in [0.717, 1.165) is 37.7 Å². The van der Waals surface area contributed by atoms with Gasteiger partial charge in [0.05, 0.1) is 6.10 Å². The number of fused-ring (bicyclic) bond motifs is 1. The molecule has 0 radical (unpaired) electrons. The molecule has 2 fully saturated rings. The van der Waals surface area contributed by atoms with Crippen LogP contribution in [0.4, 0.5) is 0 Å². The summed E-state index contributed by atoms with van der Waals surface area (Å²) in [6.45, 7) is 12.9. The normalized spacial score (nSPS) is 39.7. The lowest BCUT2D eigenvalue weighted by atomic mass is 9.45. The minimum Gasteiger partial charge on any atom is -0.478 e. The monoisotopic (exact) mass is 320 g/mol. The zero-order valence-electron chi connectivity index (χ0n) is 15.1. The van der Waals surface area contributed by atoms with Gasteiger partial charge in [0, 0.05) is 6.08 Å². The zero-order chi connectivity index (χ0) is 17.4. The lowest BCUT2D eigenvalue weighted by Crippen LogP contribution is -2.55. The highest BCUT2D eigenvalue weighted by molar-refractivity contribution is 5.80. The Hall–Kier alpha value is -1.09. The molecule has 130 valence electrons. The van der Waals surface area contributed by atoms with E-state index in [1.807, 2.05) is 0 Å². The average Bonchev–Trinajstić information content (AvgIpc) is 2.44. The Morgan fingerprint density at radius 2 is 2.09 bits per heavy atom. The van der Waals surface area contributed by atoms with Crippen LogP contribution in [0.15, 0.2) is 23.8 Å². The van der Waals surface area contributed by atoms with Crippen LogP contribution in [0, 0.1) is 22.7 Å². The molecule has 2 aliphatic carbocycles. The second kappa shape index (κ2) is 6.43. The van der Waals surface area contributed by atoms with Gasteiger partial charge in [-0.05, 0) is 68.1 Å². The number of carbonyl (C=O) groups is 1. The SMILES string of the molecule is C=C1CCC[C@@H]2[C@@](C)([C@@H](O)C/C(C)=C/C(=O)O)[C@H](C)CC[C@@]12C. The number of carboxylic acid groups (broad SMARTS) is 1. The van der Waals surface area contributed by atoms with Gasteiger partial charge in [0.25, 0.3) is 0 Å². The summed E-state index contributed by atoms with van der Waals surface area (Å²) in [5.74, 6) is -0.0841. The van der Waals surface area contributed by atoms with Gasteiger partial charge in [-0.25, -0.2) is 4.79 Å². The number of hydrogen-bond donors (Lipinski definition) is 2. The number of allylic oxidation sites excluding steroid dienone is 1. The van der Waals surface area contributed by atoms with Crippen molar-refractivity contribution < 1.29 is 15.0 Å². The Kier molecular flexibility index (Phi) is 5.10. The fourth-order valence-electron chi connectivity index (χ4n) is 5.24. The molecule has 5 atom stereocenters. The summed E-state index contributed by atoms with van der Waals surface area (Å²) >= 11 is 0. The molecular weight excluding hydrogens is 288 g/mol. The number of aliphatic hydroxyl groups is 1. The molecule has 2 N–H and O–H groups in total. The van der Waals surface area contributed by atoms with Gasteiger partial charge in [-0.2, -0.15) is 0 Å². The van der Waals surface area contributed by atoms with Gasteiger partial charge >= 0.3 is 5.97 Å². The van der Waals surface area contributed by atoms with Crippen LogP contribution in [0.1, 0.15) is 66.2 Å². The van der Waals surface area contributed by atoms with E-state index >= 15 is 0 Å². The third kappa shape index (κ3) is 3.13. The lowest BCUT2D eigenvalue weighted by Gasteiger charge is -2.60. The van der Waals surface area contributed by atoms with Crippen molar-refractivity contribution >= 4 is 5.97 Å². The van der Waals surface area contributed by atoms with Crippen molar-refractivity contribution in [2.45, 2.75) is 72.3 Å². The summed E-state index contributed by atoms with van der Waals surface area (Å²) in [5, 5.41) is 20.0. The highest BCUT2D eigenvalue weighted by atomic mass is 16.4. The maximum Gasteiger partial charge on any atom is 0.328 e. The molecule has 2 rings (SSSR count). The van der Waals surface area contributed by atoms with Crippen molar-refractivity contribution in [2.75, 3.05) is 0 Å². The molecule has 2 aliphatic rings. The van der Waals surface area contributed by atoms with Crippen LogP contribution in [0.2, 0.25) is 0 Å². The lowest BCUT2D eigenvalue weighted by molar-refractivity contribution is -0.131. The summed E-state index contributed by atoms with van der Waals surface area (Å²) in [6.07, 6.45) is 6.79. The summed E-state index contributed by atoms with van der Waals surface area (Å²) < 4.78 is 0. The number of aliphatic carboxylic acids is 1. The van der Waals surface area contributed by atoms with Gasteiger partial charge in [-0.15, -0.1) is 0 Å². The second-order valence-electron chi connectivity index (χ2n) is 8.32. The van der Waals surface area contributed by atoms with Crippen molar-refractivity contribution in [3.8, 4) is 0 Å². The van der Waals surface area contributed by atoms with E-state index in [2.05, 4.69) is 27.4 Å².